The zero-order chi connectivity index (χ0) is 14.6. The van der Waals surface area contributed by atoms with Gasteiger partial charge in [0.05, 0.1) is 12.0 Å². The van der Waals surface area contributed by atoms with Gasteiger partial charge in [0.2, 0.25) is 5.91 Å². The summed E-state index contributed by atoms with van der Waals surface area (Å²) in [5.41, 5.74) is -1.12. The van der Waals surface area contributed by atoms with Gasteiger partial charge < -0.3 is 10.4 Å². The van der Waals surface area contributed by atoms with Crippen molar-refractivity contribution in [2.75, 3.05) is 5.32 Å². The number of carbonyl (C=O) groups excluding carboxylic acids is 1. The van der Waals surface area contributed by atoms with Crippen molar-refractivity contribution in [3.63, 3.8) is 0 Å². The van der Waals surface area contributed by atoms with Crippen LogP contribution in [0.15, 0.2) is 18.2 Å². The van der Waals surface area contributed by atoms with E-state index in [9.17, 15) is 22.8 Å². The molecule has 0 unspecified atom stereocenters. The highest BCUT2D eigenvalue weighted by atomic mass is 35.5. The molecule has 0 saturated heterocycles. The van der Waals surface area contributed by atoms with Crippen LogP contribution in [0.5, 0.6) is 0 Å². The van der Waals surface area contributed by atoms with E-state index in [1.807, 2.05) is 0 Å². The summed E-state index contributed by atoms with van der Waals surface area (Å²) in [6.45, 7) is 0. The minimum Gasteiger partial charge on any atom is -0.481 e. The van der Waals surface area contributed by atoms with Gasteiger partial charge in [-0.3, -0.25) is 9.59 Å². The summed E-state index contributed by atoms with van der Waals surface area (Å²) in [5, 5.41) is 10.4. The van der Waals surface area contributed by atoms with Gasteiger partial charge in [-0.1, -0.05) is 11.6 Å². The number of carbonyl (C=O) groups is 2. The first-order chi connectivity index (χ1) is 8.68. The molecule has 19 heavy (non-hydrogen) atoms. The van der Waals surface area contributed by atoms with Crippen molar-refractivity contribution >= 4 is 29.2 Å². The summed E-state index contributed by atoms with van der Waals surface area (Å²) in [6, 6.07) is 2.61. The average molecular weight is 296 g/mol. The molecule has 8 heteroatoms. The molecule has 0 heterocycles. The number of nitrogens with one attached hydrogen (secondary N) is 1. The SMILES string of the molecule is O=C(O)CCC(=O)Nc1cc(Cl)cc(C(F)(F)F)c1. The van der Waals surface area contributed by atoms with Gasteiger partial charge in [-0.2, -0.15) is 13.2 Å². The lowest BCUT2D eigenvalue weighted by Crippen LogP contribution is -2.14. The number of anilines is 1. The van der Waals surface area contributed by atoms with Crippen LogP contribution in [-0.4, -0.2) is 17.0 Å². The summed E-state index contributed by atoms with van der Waals surface area (Å²) in [6.07, 6.45) is -5.31. The molecule has 1 rings (SSSR count). The van der Waals surface area contributed by atoms with Gasteiger partial charge in [-0.25, -0.2) is 0 Å². The number of amides is 1. The molecule has 0 bridgehead atoms. The fourth-order valence-electron chi connectivity index (χ4n) is 1.27. The molecule has 0 aromatic heterocycles. The highest BCUT2D eigenvalue weighted by Gasteiger charge is 2.31. The molecule has 1 amide bonds. The Bertz CT molecular complexity index is 502. The molecular formula is C11H9ClF3NO3. The van der Waals surface area contributed by atoms with Crippen molar-refractivity contribution in [1.29, 1.82) is 0 Å². The maximum Gasteiger partial charge on any atom is 0.416 e. The number of halogens is 4. The number of rotatable bonds is 4. The topological polar surface area (TPSA) is 66.4 Å². The first kappa shape index (κ1) is 15.3. The number of benzene rings is 1. The largest absolute Gasteiger partial charge is 0.481 e. The van der Waals surface area contributed by atoms with Gasteiger partial charge in [-0.15, -0.1) is 0 Å². The van der Waals surface area contributed by atoms with Gasteiger partial charge in [0.25, 0.3) is 0 Å². The Morgan fingerprint density at radius 3 is 2.37 bits per heavy atom. The third-order valence-corrected chi connectivity index (χ3v) is 2.29. The van der Waals surface area contributed by atoms with Crippen LogP contribution in [0.2, 0.25) is 5.02 Å². The Morgan fingerprint density at radius 2 is 1.84 bits per heavy atom. The van der Waals surface area contributed by atoms with Crippen molar-refractivity contribution in [2.45, 2.75) is 19.0 Å². The molecule has 0 atom stereocenters. The number of aliphatic carboxylic acids is 1. The van der Waals surface area contributed by atoms with Crippen LogP contribution < -0.4 is 5.32 Å². The molecule has 1 aromatic carbocycles. The Morgan fingerprint density at radius 1 is 1.21 bits per heavy atom. The van der Waals surface area contributed by atoms with Crippen molar-refractivity contribution in [2.24, 2.45) is 0 Å². The molecule has 1 aromatic rings. The first-order valence-electron chi connectivity index (χ1n) is 5.08. The summed E-state index contributed by atoms with van der Waals surface area (Å²) in [5.74, 6) is -1.87. The lowest BCUT2D eigenvalue weighted by Gasteiger charge is -2.10. The van der Waals surface area contributed by atoms with Crippen LogP contribution in [0.25, 0.3) is 0 Å². The maximum atomic E-state index is 12.5. The van der Waals surface area contributed by atoms with E-state index in [1.54, 1.807) is 0 Å². The van der Waals surface area contributed by atoms with E-state index in [0.717, 1.165) is 18.2 Å². The maximum absolute atomic E-state index is 12.5. The van der Waals surface area contributed by atoms with Gasteiger partial charge in [0, 0.05) is 17.1 Å². The Balaban J connectivity index is 2.81. The van der Waals surface area contributed by atoms with Crippen molar-refractivity contribution in [1.82, 2.24) is 0 Å². The van der Waals surface area contributed by atoms with Gasteiger partial charge in [0.1, 0.15) is 0 Å². The van der Waals surface area contributed by atoms with Crippen molar-refractivity contribution < 1.29 is 27.9 Å². The summed E-state index contributed by atoms with van der Waals surface area (Å²) in [4.78, 5) is 21.5. The second-order valence-electron chi connectivity index (χ2n) is 3.67. The number of hydrogen-bond donors (Lipinski definition) is 2. The Hall–Kier alpha value is -1.76. The minimum atomic E-state index is -4.58. The van der Waals surface area contributed by atoms with Gasteiger partial charge in [-0.05, 0) is 18.2 Å². The predicted octanol–water partition coefficient (Wildman–Crippen LogP) is 3.16. The van der Waals surface area contributed by atoms with Crippen LogP contribution >= 0.6 is 11.6 Å². The quantitative estimate of drug-likeness (QED) is 0.896. The second kappa shape index (κ2) is 5.92. The molecule has 104 valence electrons. The van der Waals surface area contributed by atoms with E-state index >= 15 is 0 Å². The van der Waals surface area contributed by atoms with Gasteiger partial charge >= 0.3 is 12.1 Å². The molecule has 2 N–H and O–H groups in total. The fraction of sp³-hybridized carbons (Fsp3) is 0.273. The molecular weight excluding hydrogens is 287 g/mol. The summed E-state index contributed by atoms with van der Waals surface area (Å²) < 4.78 is 37.5. The summed E-state index contributed by atoms with van der Waals surface area (Å²) in [7, 11) is 0. The van der Waals surface area contributed by atoms with E-state index in [4.69, 9.17) is 16.7 Å². The molecule has 0 saturated carbocycles. The molecule has 0 spiro atoms. The van der Waals surface area contributed by atoms with Crippen LogP contribution in [0, 0.1) is 0 Å². The molecule has 4 nitrogen and oxygen atoms in total. The average Bonchev–Trinajstić information content (AvgIpc) is 2.24. The molecule has 0 aliphatic rings. The minimum absolute atomic E-state index is 0.129. The Kier molecular flexibility index (Phi) is 4.77. The van der Waals surface area contributed by atoms with Gasteiger partial charge in [0.15, 0.2) is 0 Å². The van der Waals surface area contributed by atoms with E-state index in [-0.39, 0.29) is 17.1 Å². The number of carboxylic acids is 1. The lowest BCUT2D eigenvalue weighted by atomic mass is 10.2. The monoisotopic (exact) mass is 295 g/mol. The van der Waals surface area contributed by atoms with Crippen molar-refractivity contribution in [3.8, 4) is 0 Å². The highest BCUT2D eigenvalue weighted by Crippen LogP contribution is 2.33. The molecule has 0 aliphatic heterocycles. The number of hydrogen-bond acceptors (Lipinski definition) is 2. The van der Waals surface area contributed by atoms with E-state index in [1.165, 1.54) is 0 Å². The first-order valence-corrected chi connectivity index (χ1v) is 5.45. The normalized spacial score (nSPS) is 11.2. The van der Waals surface area contributed by atoms with Crippen LogP contribution in [-0.2, 0) is 15.8 Å². The molecule has 0 aliphatic carbocycles. The summed E-state index contributed by atoms with van der Waals surface area (Å²) >= 11 is 5.52. The standard InChI is InChI=1S/C11H9ClF3NO3/c12-7-3-6(11(13,14)15)4-8(5-7)16-9(17)1-2-10(18)19/h3-5H,1-2H2,(H,16,17)(H,18,19). The highest BCUT2D eigenvalue weighted by molar-refractivity contribution is 6.31. The second-order valence-corrected chi connectivity index (χ2v) is 4.10. The van der Waals surface area contributed by atoms with Crippen LogP contribution in [0.1, 0.15) is 18.4 Å². The van der Waals surface area contributed by atoms with E-state index < -0.39 is 30.0 Å². The van der Waals surface area contributed by atoms with E-state index in [2.05, 4.69) is 5.32 Å². The van der Waals surface area contributed by atoms with Crippen LogP contribution in [0.4, 0.5) is 18.9 Å². The third-order valence-electron chi connectivity index (χ3n) is 2.07. The van der Waals surface area contributed by atoms with Crippen molar-refractivity contribution in [3.05, 3.63) is 28.8 Å². The fourth-order valence-corrected chi connectivity index (χ4v) is 1.50. The lowest BCUT2D eigenvalue weighted by molar-refractivity contribution is -0.138. The number of carboxylic acid groups (broad SMARTS) is 1. The van der Waals surface area contributed by atoms with Crippen LogP contribution in [0.3, 0.4) is 0 Å². The molecule has 0 radical (unpaired) electrons. The zero-order valence-corrected chi connectivity index (χ0v) is 10.2. The zero-order valence-electron chi connectivity index (χ0n) is 9.42. The third kappa shape index (κ3) is 5.17. The predicted molar refractivity (Wildman–Crippen MR) is 62.0 cm³/mol. The Labute approximate surface area is 111 Å². The molecule has 0 fully saturated rings. The van der Waals surface area contributed by atoms with E-state index in [0.29, 0.717) is 0 Å². The number of alkyl halides is 3. The smallest absolute Gasteiger partial charge is 0.416 e.